The minimum absolute atomic E-state index is 0.180. The Morgan fingerprint density at radius 2 is 2.40 bits per heavy atom. The molecule has 1 aromatic rings. The third-order valence-corrected chi connectivity index (χ3v) is 2.04. The van der Waals surface area contributed by atoms with E-state index in [0.717, 1.165) is 11.3 Å². The summed E-state index contributed by atoms with van der Waals surface area (Å²) < 4.78 is 0. The van der Waals surface area contributed by atoms with E-state index in [2.05, 4.69) is 11.9 Å². The number of nitrogens with one attached hydrogen (secondary N) is 1. The van der Waals surface area contributed by atoms with Crippen molar-refractivity contribution in [2.75, 3.05) is 5.32 Å². The Hall–Kier alpha value is -1.61. The third-order valence-electron chi connectivity index (χ3n) is 2.04. The number of aryl methyl sites for hydroxylation is 1. The van der Waals surface area contributed by atoms with Crippen LogP contribution in [0.5, 0.6) is 0 Å². The van der Waals surface area contributed by atoms with E-state index in [0.29, 0.717) is 6.42 Å². The fraction of sp³-hybridized carbons (Fsp3) is 0.250. The van der Waals surface area contributed by atoms with Gasteiger partial charge in [-0.25, -0.2) is 0 Å². The van der Waals surface area contributed by atoms with E-state index in [-0.39, 0.29) is 5.91 Å². The molecular formula is C12H16N2O. The normalized spacial score (nSPS) is 11.9. The van der Waals surface area contributed by atoms with E-state index in [4.69, 9.17) is 5.73 Å². The Morgan fingerprint density at radius 1 is 1.67 bits per heavy atom. The van der Waals surface area contributed by atoms with Crippen molar-refractivity contribution in [1.82, 2.24) is 0 Å². The zero-order valence-electron chi connectivity index (χ0n) is 8.86. The van der Waals surface area contributed by atoms with Crippen molar-refractivity contribution in [2.24, 2.45) is 5.73 Å². The van der Waals surface area contributed by atoms with Gasteiger partial charge in [-0.15, -0.1) is 6.58 Å². The highest BCUT2D eigenvalue weighted by Gasteiger charge is 2.11. The van der Waals surface area contributed by atoms with E-state index >= 15 is 0 Å². The monoisotopic (exact) mass is 204 g/mol. The first kappa shape index (κ1) is 11.5. The highest BCUT2D eigenvalue weighted by molar-refractivity contribution is 5.94. The van der Waals surface area contributed by atoms with E-state index in [1.54, 1.807) is 6.08 Å². The molecule has 0 aliphatic rings. The SMILES string of the molecule is C=CCC(N)C(=O)Nc1cccc(C)c1. The minimum Gasteiger partial charge on any atom is -0.325 e. The number of carbonyl (C=O) groups is 1. The lowest BCUT2D eigenvalue weighted by molar-refractivity contribution is -0.117. The van der Waals surface area contributed by atoms with Crippen LogP contribution < -0.4 is 11.1 Å². The predicted molar refractivity (Wildman–Crippen MR) is 62.6 cm³/mol. The van der Waals surface area contributed by atoms with E-state index < -0.39 is 6.04 Å². The number of anilines is 1. The molecule has 0 aliphatic heterocycles. The van der Waals surface area contributed by atoms with Crippen LogP contribution in [0.25, 0.3) is 0 Å². The van der Waals surface area contributed by atoms with Crippen LogP contribution in [-0.2, 0) is 4.79 Å². The lowest BCUT2D eigenvalue weighted by Crippen LogP contribution is -2.35. The summed E-state index contributed by atoms with van der Waals surface area (Å²) in [6.45, 7) is 5.52. The number of benzene rings is 1. The minimum atomic E-state index is -0.525. The molecule has 3 heteroatoms. The van der Waals surface area contributed by atoms with Crippen molar-refractivity contribution in [3.8, 4) is 0 Å². The molecule has 0 heterocycles. The van der Waals surface area contributed by atoms with Gasteiger partial charge in [0.05, 0.1) is 6.04 Å². The molecule has 0 saturated carbocycles. The number of hydrogen-bond acceptors (Lipinski definition) is 2. The lowest BCUT2D eigenvalue weighted by atomic mass is 10.2. The van der Waals surface area contributed by atoms with Gasteiger partial charge in [-0.3, -0.25) is 4.79 Å². The topological polar surface area (TPSA) is 55.1 Å². The van der Waals surface area contributed by atoms with Crippen molar-refractivity contribution >= 4 is 11.6 Å². The van der Waals surface area contributed by atoms with Gasteiger partial charge in [0.15, 0.2) is 0 Å². The molecule has 0 radical (unpaired) electrons. The van der Waals surface area contributed by atoms with Crippen LogP contribution in [-0.4, -0.2) is 11.9 Å². The van der Waals surface area contributed by atoms with Gasteiger partial charge in [0.1, 0.15) is 0 Å². The summed E-state index contributed by atoms with van der Waals surface area (Å²) in [6, 6.07) is 7.08. The molecule has 0 fully saturated rings. The molecule has 0 saturated heterocycles. The summed E-state index contributed by atoms with van der Waals surface area (Å²) in [5, 5.41) is 2.76. The van der Waals surface area contributed by atoms with Gasteiger partial charge < -0.3 is 11.1 Å². The Bertz CT molecular complexity index is 360. The van der Waals surface area contributed by atoms with Crippen LogP contribution in [0.15, 0.2) is 36.9 Å². The first-order valence-corrected chi connectivity index (χ1v) is 4.87. The number of amides is 1. The first-order chi connectivity index (χ1) is 7.13. The van der Waals surface area contributed by atoms with Gasteiger partial charge in [0.2, 0.25) is 5.91 Å². The molecule has 0 aliphatic carbocycles. The average molecular weight is 204 g/mol. The highest BCUT2D eigenvalue weighted by Crippen LogP contribution is 2.09. The van der Waals surface area contributed by atoms with Crippen molar-refractivity contribution in [1.29, 1.82) is 0 Å². The van der Waals surface area contributed by atoms with Gasteiger partial charge in [0.25, 0.3) is 0 Å². The second-order valence-electron chi connectivity index (χ2n) is 3.49. The summed E-state index contributed by atoms with van der Waals surface area (Å²) in [4.78, 5) is 11.5. The zero-order chi connectivity index (χ0) is 11.3. The maximum atomic E-state index is 11.5. The molecule has 3 nitrogen and oxygen atoms in total. The lowest BCUT2D eigenvalue weighted by Gasteiger charge is -2.10. The second kappa shape index (κ2) is 5.32. The molecular weight excluding hydrogens is 188 g/mol. The van der Waals surface area contributed by atoms with Gasteiger partial charge in [-0.1, -0.05) is 18.2 Å². The standard InChI is InChI=1S/C12H16N2O/c1-3-5-11(13)12(15)14-10-7-4-6-9(2)8-10/h3-4,6-8,11H,1,5,13H2,2H3,(H,14,15). The number of carbonyl (C=O) groups excluding carboxylic acids is 1. The fourth-order valence-corrected chi connectivity index (χ4v) is 1.24. The Kier molecular flexibility index (Phi) is 4.06. The molecule has 1 atom stereocenters. The van der Waals surface area contributed by atoms with E-state index in [9.17, 15) is 4.79 Å². The summed E-state index contributed by atoms with van der Waals surface area (Å²) in [5.41, 5.74) is 7.51. The molecule has 1 amide bonds. The summed E-state index contributed by atoms with van der Waals surface area (Å²) in [6.07, 6.45) is 2.12. The quantitative estimate of drug-likeness (QED) is 0.735. The molecule has 0 bridgehead atoms. The molecule has 0 aromatic heterocycles. The van der Waals surface area contributed by atoms with Crippen LogP contribution in [0.4, 0.5) is 5.69 Å². The molecule has 1 aromatic carbocycles. The first-order valence-electron chi connectivity index (χ1n) is 4.87. The maximum Gasteiger partial charge on any atom is 0.241 e. The largest absolute Gasteiger partial charge is 0.325 e. The van der Waals surface area contributed by atoms with Crippen molar-refractivity contribution in [2.45, 2.75) is 19.4 Å². The Labute approximate surface area is 90.0 Å². The third kappa shape index (κ3) is 3.56. The van der Waals surface area contributed by atoms with Crippen molar-refractivity contribution in [3.63, 3.8) is 0 Å². The summed E-state index contributed by atoms with van der Waals surface area (Å²) in [5.74, 6) is -0.180. The summed E-state index contributed by atoms with van der Waals surface area (Å²) >= 11 is 0. The molecule has 1 unspecified atom stereocenters. The second-order valence-corrected chi connectivity index (χ2v) is 3.49. The van der Waals surface area contributed by atoms with Crippen molar-refractivity contribution < 1.29 is 4.79 Å². The van der Waals surface area contributed by atoms with Crippen LogP contribution in [0.1, 0.15) is 12.0 Å². The average Bonchev–Trinajstić information content (AvgIpc) is 2.18. The number of hydrogen-bond donors (Lipinski definition) is 2. The van der Waals surface area contributed by atoms with Gasteiger partial charge >= 0.3 is 0 Å². The fourth-order valence-electron chi connectivity index (χ4n) is 1.24. The van der Waals surface area contributed by atoms with Crippen molar-refractivity contribution in [3.05, 3.63) is 42.5 Å². The molecule has 0 spiro atoms. The molecule has 15 heavy (non-hydrogen) atoms. The number of nitrogens with two attached hydrogens (primary N) is 1. The molecule has 1 rings (SSSR count). The van der Waals surface area contributed by atoms with Crippen LogP contribution in [0.3, 0.4) is 0 Å². The van der Waals surface area contributed by atoms with Crippen LogP contribution in [0.2, 0.25) is 0 Å². The van der Waals surface area contributed by atoms with Crippen LogP contribution in [0, 0.1) is 6.92 Å². The van der Waals surface area contributed by atoms with E-state index in [1.807, 2.05) is 31.2 Å². The maximum absolute atomic E-state index is 11.5. The highest BCUT2D eigenvalue weighted by atomic mass is 16.2. The number of rotatable bonds is 4. The summed E-state index contributed by atoms with van der Waals surface area (Å²) in [7, 11) is 0. The van der Waals surface area contributed by atoms with E-state index in [1.165, 1.54) is 0 Å². The van der Waals surface area contributed by atoms with Gasteiger partial charge in [-0.05, 0) is 31.0 Å². The van der Waals surface area contributed by atoms with Gasteiger partial charge in [0, 0.05) is 5.69 Å². The molecule has 3 N–H and O–H groups in total. The van der Waals surface area contributed by atoms with Gasteiger partial charge in [-0.2, -0.15) is 0 Å². The molecule has 80 valence electrons. The van der Waals surface area contributed by atoms with Crippen LogP contribution >= 0.6 is 0 Å². The predicted octanol–water partition coefficient (Wildman–Crippen LogP) is 1.84. The zero-order valence-corrected chi connectivity index (χ0v) is 8.86. The smallest absolute Gasteiger partial charge is 0.241 e. The Morgan fingerprint density at radius 3 is 3.00 bits per heavy atom. The Balaban J connectivity index is 2.62.